The topological polar surface area (TPSA) is 52.9 Å². The number of carbonyl (C=O) groups is 1. The predicted molar refractivity (Wildman–Crippen MR) is 68.2 cm³/mol. The molecule has 0 aromatic carbocycles. The lowest BCUT2D eigenvalue weighted by molar-refractivity contribution is -0.123. The molecule has 1 rings (SSSR count). The molecule has 1 amide bonds. The summed E-state index contributed by atoms with van der Waals surface area (Å²) in [7, 11) is 0. The van der Waals surface area contributed by atoms with Gasteiger partial charge >= 0.3 is 0 Å². The Morgan fingerprint density at radius 2 is 2.18 bits per heavy atom. The van der Waals surface area contributed by atoms with Crippen LogP contribution in [0.25, 0.3) is 0 Å². The molecule has 0 aromatic heterocycles. The van der Waals surface area contributed by atoms with Gasteiger partial charge in [-0.25, -0.2) is 0 Å². The molecule has 1 saturated carbocycles. The summed E-state index contributed by atoms with van der Waals surface area (Å²) in [6.45, 7) is 2.73. The van der Waals surface area contributed by atoms with Crippen LogP contribution in [0.2, 0.25) is 0 Å². The third kappa shape index (κ3) is 5.21. The first kappa shape index (κ1) is 14.0. The van der Waals surface area contributed by atoms with Crippen LogP contribution in [0.5, 0.6) is 0 Å². The van der Waals surface area contributed by atoms with Crippen LogP contribution in [0.4, 0.5) is 0 Å². The smallest absolute Gasteiger partial charge is 0.237 e. The maximum absolute atomic E-state index is 11.6. The first-order valence-corrected chi connectivity index (χ1v) is 6.95. The molecule has 1 aliphatic carbocycles. The van der Waals surface area contributed by atoms with Crippen molar-refractivity contribution in [3.63, 3.8) is 0 Å². The Hall–Kier alpha value is -1.04. The van der Waals surface area contributed by atoms with Crippen LogP contribution < -0.4 is 5.32 Å². The maximum Gasteiger partial charge on any atom is 0.237 e. The van der Waals surface area contributed by atoms with Crippen molar-refractivity contribution >= 4 is 5.91 Å². The molecular weight excluding hydrogens is 212 g/mol. The summed E-state index contributed by atoms with van der Waals surface area (Å²) in [5.41, 5.74) is 0. The average molecular weight is 236 g/mol. The van der Waals surface area contributed by atoms with Crippen molar-refractivity contribution in [1.29, 1.82) is 5.26 Å². The first-order chi connectivity index (χ1) is 8.27. The fraction of sp³-hybridized carbons (Fsp3) is 0.857. The number of hydrogen-bond donors (Lipinski definition) is 1. The van der Waals surface area contributed by atoms with Gasteiger partial charge in [-0.15, -0.1) is 0 Å². The molecule has 1 N–H and O–H groups in total. The molecule has 0 spiro atoms. The van der Waals surface area contributed by atoms with Crippen LogP contribution >= 0.6 is 0 Å². The Morgan fingerprint density at radius 1 is 1.47 bits per heavy atom. The molecule has 0 aromatic rings. The standard InChI is InChI=1S/C14H24N2O/c1-2-6-13(11-15)14(17)16-10-5-9-12-7-3-4-8-12/h12-13H,2-10H2,1H3,(H,16,17). The Morgan fingerprint density at radius 3 is 2.76 bits per heavy atom. The zero-order valence-corrected chi connectivity index (χ0v) is 10.9. The van der Waals surface area contributed by atoms with Gasteiger partial charge in [-0.05, 0) is 25.2 Å². The largest absolute Gasteiger partial charge is 0.355 e. The molecule has 1 atom stereocenters. The number of nitrogens with one attached hydrogen (secondary N) is 1. The van der Waals surface area contributed by atoms with E-state index in [4.69, 9.17) is 5.26 Å². The van der Waals surface area contributed by atoms with Crippen LogP contribution in [0.3, 0.4) is 0 Å². The molecule has 1 unspecified atom stereocenters. The quantitative estimate of drug-likeness (QED) is 0.691. The molecule has 0 heterocycles. The zero-order valence-electron chi connectivity index (χ0n) is 10.9. The Bertz CT molecular complexity index is 264. The van der Waals surface area contributed by atoms with Crippen LogP contribution in [-0.2, 0) is 4.79 Å². The molecule has 96 valence electrons. The molecule has 1 fully saturated rings. The van der Waals surface area contributed by atoms with Gasteiger partial charge in [0.05, 0.1) is 6.07 Å². The van der Waals surface area contributed by atoms with Gasteiger partial charge in [0.2, 0.25) is 5.91 Å². The highest BCUT2D eigenvalue weighted by Crippen LogP contribution is 2.28. The van der Waals surface area contributed by atoms with Gasteiger partial charge in [-0.2, -0.15) is 5.26 Å². The maximum atomic E-state index is 11.6. The summed E-state index contributed by atoms with van der Waals surface area (Å²) in [5, 5.41) is 11.7. The van der Waals surface area contributed by atoms with E-state index in [0.29, 0.717) is 6.42 Å². The summed E-state index contributed by atoms with van der Waals surface area (Å²) in [4.78, 5) is 11.6. The van der Waals surface area contributed by atoms with Gasteiger partial charge in [0.15, 0.2) is 0 Å². The minimum absolute atomic E-state index is 0.0826. The summed E-state index contributed by atoms with van der Waals surface area (Å²) in [6, 6.07) is 2.07. The zero-order chi connectivity index (χ0) is 12.5. The minimum Gasteiger partial charge on any atom is -0.355 e. The van der Waals surface area contributed by atoms with Gasteiger partial charge in [-0.1, -0.05) is 39.0 Å². The van der Waals surface area contributed by atoms with Gasteiger partial charge in [0.1, 0.15) is 5.92 Å². The van der Waals surface area contributed by atoms with Crippen molar-refractivity contribution in [2.24, 2.45) is 11.8 Å². The van der Waals surface area contributed by atoms with Gasteiger partial charge in [-0.3, -0.25) is 4.79 Å². The van der Waals surface area contributed by atoms with Crippen LogP contribution in [0.1, 0.15) is 58.3 Å². The molecule has 3 nitrogen and oxygen atoms in total. The number of rotatable bonds is 7. The van der Waals surface area contributed by atoms with E-state index in [1.165, 1.54) is 32.1 Å². The number of carbonyl (C=O) groups excluding carboxylic acids is 1. The van der Waals surface area contributed by atoms with Gasteiger partial charge < -0.3 is 5.32 Å². The van der Waals surface area contributed by atoms with E-state index in [9.17, 15) is 4.79 Å². The van der Waals surface area contributed by atoms with E-state index in [1.807, 2.05) is 6.92 Å². The van der Waals surface area contributed by atoms with E-state index in [1.54, 1.807) is 0 Å². The van der Waals surface area contributed by atoms with E-state index >= 15 is 0 Å². The van der Waals surface area contributed by atoms with Crippen molar-refractivity contribution in [1.82, 2.24) is 5.32 Å². The summed E-state index contributed by atoms with van der Waals surface area (Å²) >= 11 is 0. The normalized spacial score (nSPS) is 17.6. The fourth-order valence-corrected chi connectivity index (χ4v) is 2.57. The average Bonchev–Trinajstić information content (AvgIpc) is 2.84. The van der Waals surface area contributed by atoms with Crippen LogP contribution in [-0.4, -0.2) is 12.5 Å². The summed E-state index contributed by atoms with van der Waals surface area (Å²) < 4.78 is 0. The van der Waals surface area contributed by atoms with Crippen LogP contribution in [0, 0.1) is 23.2 Å². The Kier molecular flexibility index (Phi) is 6.69. The second-order valence-electron chi connectivity index (χ2n) is 5.05. The fourth-order valence-electron chi connectivity index (χ4n) is 2.57. The molecular formula is C14H24N2O. The van der Waals surface area contributed by atoms with Crippen molar-refractivity contribution in [3.8, 4) is 6.07 Å². The summed E-state index contributed by atoms with van der Waals surface area (Å²) in [5.74, 6) is 0.349. The molecule has 0 bridgehead atoms. The predicted octanol–water partition coefficient (Wildman–Crippen LogP) is 3.01. The van der Waals surface area contributed by atoms with E-state index in [0.717, 1.165) is 25.3 Å². The van der Waals surface area contributed by atoms with Crippen LogP contribution in [0.15, 0.2) is 0 Å². The van der Waals surface area contributed by atoms with Crippen molar-refractivity contribution in [2.75, 3.05) is 6.54 Å². The van der Waals surface area contributed by atoms with Gasteiger partial charge in [0.25, 0.3) is 0 Å². The molecule has 1 aliphatic rings. The number of amides is 1. The second-order valence-corrected chi connectivity index (χ2v) is 5.05. The highest BCUT2D eigenvalue weighted by molar-refractivity contribution is 5.80. The van der Waals surface area contributed by atoms with E-state index < -0.39 is 5.92 Å². The molecule has 0 radical (unpaired) electrons. The molecule has 3 heteroatoms. The Balaban J connectivity index is 2.08. The minimum atomic E-state index is -0.452. The van der Waals surface area contributed by atoms with E-state index in [-0.39, 0.29) is 5.91 Å². The number of nitrogens with zero attached hydrogens (tertiary/aromatic N) is 1. The van der Waals surface area contributed by atoms with Gasteiger partial charge in [0, 0.05) is 6.54 Å². The third-order valence-electron chi connectivity index (χ3n) is 3.61. The third-order valence-corrected chi connectivity index (χ3v) is 3.61. The summed E-state index contributed by atoms with van der Waals surface area (Å²) in [6.07, 6.45) is 9.33. The SMILES string of the molecule is CCCC(C#N)C(=O)NCCCC1CCCC1. The van der Waals surface area contributed by atoms with E-state index in [2.05, 4.69) is 11.4 Å². The highest BCUT2D eigenvalue weighted by Gasteiger charge is 2.17. The lowest BCUT2D eigenvalue weighted by Crippen LogP contribution is -2.30. The first-order valence-electron chi connectivity index (χ1n) is 6.95. The second kappa shape index (κ2) is 8.11. The lowest BCUT2D eigenvalue weighted by atomic mass is 10.0. The monoisotopic (exact) mass is 236 g/mol. The molecule has 0 aliphatic heterocycles. The van der Waals surface area contributed by atoms with Crippen molar-refractivity contribution < 1.29 is 4.79 Å². The number of hydrogen-bond acceptors (Lipinski definition) is 2. The number of nitriles is 1. The van der Waals surface area contributed by atoms with Crippen molar-refractivity contribution in [3.05, 3.63) is 0 Å². The Labute approximate surface area is 105 Å². The highest BCUT2D eigenvalue weighted by atomic mass is 16.1. The molecule has 0 saturated heterocycles. The van der Waals surface area contributed by atoms with Crippen molar-refractivity contribution in [2.45, 2.75) is 58.3 Å². The molecule has 17 heavy (non-hydrogen) atoms. The lowest BCUT2D eigenvalue weighted by Gasteiger charge is -2.11.